The van der Waals surface area contributed by atoms with E-state index in [1.54, 1.807) is 29.2 Å². The molecule has 2 amide bonds. The van der Waals surface area contributed by atoms with Gasteiger partial charge in [-0.25, -0.2) is 0 Å². The third-order valence-electron chi connectivity index (χ3n) is 4.66. The number of hydrogen-bond donors (Lipinski definition) is 1. The predicted molar refractivity (Wildman–Crippen MR) is 105 cm³/mol. The Balaban J connectivity index is 1.48. The van der Waals surface area contributed by atoms with E-state index < -0.39 is 11.8 Å². The van der Waals surface area contributed by atoms with E-state index in [1.165, 1.54) is 0 Å². The molecule has 1 saturated heterocycles. The molecule has 1 fully saturated rings. The molecular formula is C21H25N3O3. The minimum absolute atomic E-state index is 0.477. The van der Waals surface area contributed by atoms with Gasteiger partial charge in [0.15, 0.2) is 0 Å². The highest BCUT2D eigenvalue weighted by atomic mass is 16.5. The van der Waals surface area contributed by atoms with Crippen molar-refractivity contribution in [2.75, 3.05) is 38.0 Å². The molecule has 0 aliphatic carbocycles. The first-order valence-corrected chi connectivity index (χ1v) is 9.25. The van der Waals surface area contributed by atoms with Gasteiger partial charge < -0.3 is 19.9 Å². The Kier molecular flexibility index (Phi) is 6.44. The number of likely N-dealkylation sites (N-methyl/N-ethyl adjacent to an activating group) is 1. The molecule has 142 valence electrons. The fourth-order valence-corrected chi connectivity index (χ4v) is 2.97. The highest BCUT2D eigenvalue weighted by Crippen LogP contribution is 2.17. The number of ether oxygens (including phenoxy) is 1. The van der Waals surface area contributed by atoms with Gasteiger partial charge >= 0.3 is 11.8 Å². The number of amides is 2. The molecule has 6 heteroatoms. The van der Waals surface area contributed by atoms with Crippen LogP contribution in [0.1, 0.15) is 12.5 Å². The van der Waals surface area contributed by atoms with Gasteiger partial charge in [-0.15, -0.1) is 0 Å². The van der Waals surface area contributed by atoms with E-state index in [1.807, 2.05) is 30.3 Å². The summed E-state index contributed by atoms with van der Waals surface area (Å²) in [6, 6.07) is 16.9. The molecule has 1 heterocycles. The van der Waals surface area contributed by atoms with E-state index in [9.17, 15) is 9.59 Å². The number of anilines is 1. The summed E-state index contributed by atoms with van der Waals surface area (Å²) >= 11 is 0. The van der Waals surface area contributed by atoms with Crippen molar-refractivity contribution in [3.63, 3.8) is 0 Å². The SMILES string of the molecule is CCN1CCN(C(=O)C(=O)Nc2ccc(OCc3ccccc3)cc2)CC1. The summed E-state index contributed by atoms with van der Waals surface area (Å²) in [5, 5.41) is 2.67. The Morgan fingerprint density at radius 1 is 0.963 bits per heavy atom. The smallest absolute Gasteiger partial charge is 0.313 e. The lowest BCUT2D eigenvalue weighted by Crippen LogP contribution is -2.51. The van der Waals surface area contributed by atoms with Crippen LogP contribution in [0.2, 0.25) is 0 Å². The molecule has 0 aromatic heterocycles. The number of piperazine rings is 1. The lowest BCUT2D eigenvalue weighted by atomic mass is 10.2. The van der Waals surface area contributed by atoms with Crippen molar-refractivity contribution >= 4 is 17.5 Å². The molecule has 2 aromatic rings. The van der Waals surface area contributed by atoms with Crippen LogP contribution in [0.5, 0.6) is 5.75 Å². The van der Waals surface area contributed by atoms with Gasteiger partial charge in [0.05, 0.1) is 0 Å². The normalized spacial score (nSPS) is 14.6. The van der Waals surface area contributed by atoms with Crippen molar-refractivity contribution in [1.82, 2.24) is 9.80 Å². The maximum absolute atomic E-state index is 12.3. The number of benzene rings is 2. The second-order valence-electron chi connectivity index (χ2n) is 6.48. The fraction of sp³-hybridized carbons (Fsp3) is 0.333. The van der Waals surface area contributed by atoms with E-state index >= 15 is 0 Å². The molecule has 0 saturated carbocycles. The van der Waals surface area contributed by atoms with E-state index in [4.69, 9.17) is 4.74 Å². The number of nitrogens with one attached hydrogen (secondary N) is 1. The average Bonchev–Trinajstić information content (AvgIpc) is 2.73. The maximum Gasteiger partial charge on any atom is 0.313 e. The first-order chi connectivity index (χ1) is 13.2. The van der Waals surface area contributed by atoms with Gasteiger partial charge in [0, 0.05) is 31.9 Å². The van der Waals surface area contributed by atoms with E-state index in [0.717, 1.165) is 25.2 Å². The highest BCUT2D eigenvalue weighted by molar-refractivity contribution is 6.39. The lowest BCUT2D eigenvalue weighted by molar-refractivity contribution is -0.144. The Morgan fingerprint density at radius 3 is 2.26 bits per heavy atom. The Bertz CT molecular complexity index is 754. The van der Waals surface area contributed by atoms with Gasteiger partial charge in [-0.05, 0) is 36.4 Å². The molecule has 1 N–H and O–H groups in total. The van der Waals surface area contributed by atoms with Crippen molar-refractivity contribution in [3.05, 3.63) is 60.2 Å². The predicted octanol–water partition coefficient (Wildman–Crippen LogP) is 2.37. The number of rotatable bonds is 5. The Labute approximate surface area is 159 Å². The van der Waals surface area contributed by atoms with Gasteiger partial charge in [-0.3, -0.25) is 9.59 Å². The van der Waals surface area contributed by atoms with Crippen LogP contribution in [0.15, 0.2) is 54.6 Å². The second kappa shape index (κ2) is 9.19. The summed E-state index contributed by atoms with van der Waals surface area (Å²) in [4.78, 5) is 28.4. The first kappa shape index (κ1) is 18.9. The molecule has 0 spiro atoms. The molecule has 0 unspecified atom stereocenters. The standard InChI is InChI=1S/C21H25N3O3/c1-2-23-12-14-24(15-13-23)21(26)20(25)22-18-8-10-19(11-9-18)27-16-17-6-4-3-5-7-17/h3-11H,2,12-16H2,1H3,(H,22,25). The summed E-state index contributed by atoms with van der Waals surface area (Å²) in [7, 11) is 0. The summed E-state index contributed by atoms with van der Waals surface area (Å²) in [5.41, 5.74) is 1.66. The molecule has 0 atom stereocenters. The van der Waals surface area contributed by atoms with E-state index in [0.29, 0.717) is 31.1 Å². The highest BCUT2D eigenvalue weighted by Gasteiger charge is 2.25. The summed E-state index contributed by atoms with van der Waals surface area (Å²) < 4.78 is 5.72. The third-order valence-corrected chi connectivity index (χ3v) is 4.66. The zero-order valence-corrected chi connectivity index (χ0v) is 15.6. The molecule has 2 aromatic carbocycles. The van der Waals surface area contributed by atoms with Crippen molar-refractivity contribution in [1.29, 1.82) is 0 Å². The fourth-order valence-electron chi connectivity index (χ4n) is 2.97. The van der Waals surface area contributed by atoms with Gasteiger partial charge in [-0.2, -0.15) is 0 Å². The molecule has 0 bridgehead atoms. The van der Waals surface area contributed by atoms with Crippen molar-refractivity contribution < 1.29 is 14.3 Å². The maximum atomic E-state index is 12.3. The Hall–Kier alpha value is -2.86. The van der Waals surface area contributed by atoms with E-state index in [-0.39, 0.29) is 0 Å². The van der Waals surface area contributed by atoms with Gasteiger partial charge in [-0.1, -0.05) is 37.3 Å². The molecule has 27 heavy (non-hydrogen) atoms. The summed E-state index contributed by atoms with van der Waals surface area (Å²) in [6.45, 7) is 6.34. The van der Waals surface area contributed by atoms with Gasteiger partial charge in [0.1, 0.15) is 12.4 Å². The average molecular weight is 367 g/mol. The Morgan fingerprint density at radius 2 is 1.63 bits per heavy atom. The van der Waals surface area contributed by atoms with Crippen LogP contribution >= 0.6 is 0 Å². The summed E-state index contributed by atoms with van der Waals surface area (Å²) in [5.74, 6) is -0.369. The van der Waals surface area contributed by atoms with Crippen LogP contribution in [-0.4, -0.2) is 54.3 Å². The van der Waals surface area contributed by atoms with Crippen molar-refractivity contribution in [2.45, 2.75) is 13.5 Å². The van der Waals surface area contributed by atoms with Crippen LogP contribution in [0.3, 0.4) is 0 Å². The monoisotopic (exact) mass is 367 g/mol. The van der Waals surface area contributed by atoms with Crippen molar-refractivity contribution in [3.8, 4) is 5.75 Å². The minimum atomic E-state index is -0.599. The topological polar surface area (TPSA) is 61.9 Å². The zero-order valence-electron chi connectivity index (χ0n) is 15.6. The van der Waals surface area contributed by atoms with Gasteiger partial charge in [0.2, 0.25) is 0 Å². The van der Waals surface area contributed by atoms with E-state index in [2.05, 4.69) is 17.1 Å². The number of carbonyl (C=O) groups is 2. The van der Waals surface area contributed by atoms with Crippen LogP contribution in [0, 0.1) is 0 Å². The number of carbonyl (C=O) groups excluding carboxylic acids is 2. The van der Waals surface area contributed by atoms with Crippen molar-refractivity contribution in [2.24, 2.45) is 0 Å². The second-order valence-corrected chi connectivity index (χ2v) is 6.48. The first-order valence-electron chi connectivity index (χ1n) is 9.25. The van der Waals surface area contributed by atoms with Crippen LogP contribution < -0.4 is 10.1 Å². The number of nitrogens with zero attached hydrogens (tertiary/aromatic N) is 2. The zero-order chi connectivity index (χ0) is 19.1. The van der Waals surface area contributed by atoms with Crippen LogP contribution in [0.25, 0.3) is 0 Å². The molecule has 0 radical (unpaired) electrons. The van der Waals surface area contributed by atoms with Crippen LogP contribution in [0.4, 0.5) is 5.69 Å². The lowest BCUT2D eigenvalue weighted by Gasteiger charge is -2.33. The molecule has 6 nitrogen and oxygen atoms in total. The largest absolute Gasteiger partial charge is 0.489 e. The molecule has 3 rings (SSSR count). The number of hydrogen-bond acceptors (Lipinski definition) is 4. The molecule has 1 aliphatic heterocycles. The van der Waals surface area contributed by atoms with Gasteiger partial charge in [0.25, 0.3) is 0 Å². The molecular weight excluding hydrogens is 342 g/mol. The quantitative estimate of drug-likeness (QED) is 0.824. The van der Waals surface area contributed by atoms with Crippen LogP contribution in [-0.2, 0) is 16.2 Å². The molecule has 1 aliphatic rings. The summed E-state index contributed by atoms with van der Waals surface area (Å²) in [6.07, 6.45) is 0. The third kappa shape index (κ3) is 5.31. The minimum Gasteiger partial charge on any atom is -0.489 e.